The van der Waals surface area contributed by atoms with Crippen LogP contribution in [0.4, 0.5) is 0 Å². The van der Waals surface area contributed by atoms with Crippen molar-refractivity contribution in [3.05, 3.63) is 83.2 Å². The molecule has 1 atom stereocenters. The van der Waals surface area contributed by atoms with Crippen LogP contribution in [0.15, 0.2) is 72.1 Å². The number of amides is 2. The zero-order valence-electron chi connectivity index (χ0n) is 16.9. The molecule has 4 nitrogen and oxygen atoms in total. The van der Waals surface area contributed by atoms with Crippen molar-refractivity contribution in [1.82, 2.24) is 4.90 Å². The number of primary amides is 1. The summed E-state index contributed by atoms with van der Waals surface area (Å²) in [6.45, 7) is 0.993. The van der Waals surface area contributed by atoms with Gasteiger partial charge in [0.15, 0.2) is 0 Å². The van der Waals surface area contributed by atoms with Crippen LogP contribution < -0.4 is 5.73 Å². The van der Waals surface area contributed by atoms with Gasteiger partial charge in [-0.15, -0.1) is 11.3 Å². The van der Waals surface area contributed by atoms with Gasteiger partial charge in [0.05, 0.1) is 5.41 Å². The Morgan fingerprint density at radius 3 is 2.40 bits per heavy atom. The van der Waals surface area contributed by atoms with Crippen LogP contribution in [0.1, 0.15) is 24.0 Å². The van der Waals surface area contributed by atoms with Crippen LogP contribution in [0.3, 0.4) is 0 Å². The zero-order chi connectivity index (χ0) is 21.0. The molecule has 1 aromatic heterocycles. The predicted octanol–water partition coefficient (Wildman–Crippen LogP) is 4.29. The van der Waals surface area contributed by atoms with E-state index in [9.17, 15) is 9.59 Å². The lowest BCUT2D eigenvalue weighted by Crippen LogP contribution is -2.42. The van der Waals surface area contributed by atoms with Crippen molar-refractivity contribution in [2.24, 2.45) is 11.1 Å². The first-order chi connectivity index (χ1) is 14.6. The Labute approximate surface area is 181 Å². The van der Waals surface area contributed by atoms with E-state index in [1.807, 2.05) is 41.3 Å². The smallest absolute Gasteiger partial charge is 0.225 e. The van der Waals surface area contributed by atoms with Crippen molar-refractivity contribution >= 4 is 23.2 Å². The van der Waals surface area contributed by atoms with Gasteiger partial charge in [-0.3, -0.25) is 9.59 Å². The molecule has 0 bridgehead atoms. The maximum absolute atomic E-state index is 12.7. The SMILES string of the molecule is NC(=O)C1(Cc2ccc(-c3cccs3)cc2)CCN(C(=O)CCc2ccccc2)C1. The van der Waals surface area contributed by atoms with Gasteiger partial charge in [-0.05, 0) is 47.4 Å². The standard InChI is InChI=1S/C25H26N2O2S/c26-24(29)25(17-20-8-11-21(12-9-20)22-7-4-16-30-22)14-15-27(18-25)23(28)13-10-19-5-2-1-3-6-19/h1-9,11-12,16H,10,13-15,17-18H2,(H2,26,29). The maximum atomic E-state index is 12.7. The van der Waals surface area contributed by atoms with Crippen LogP contribution >= 0.6 is 11.3 Å². The van der Waals surface area contributed by atoms with E-state index in [2.05, 4.69) is 35.7 Å². The van der Waals surface area contributed by atoms with Crippen LogP contribution in [0.25, 0.3) is 10.4 Å². The Bertz CT molecular complexity index is 999. The lowest BCUT2D eigenvalue weighted by molar-refractivity contribution is -0.132. The third-order valence-electron chi connectivity index (χ3n) is 6.00. The number of nitrogens with zero attached hydrogens (tertiary/aromatic N) is 1. The fraction of sp³-hybridized carbons (Fsp3) is 0.280. The molecule has 30 heavy (non-hydrogen) atoms. The maximum Gasteiger partial charge on any atom is 0.225 e. The number of nitrogens with two attached hydrogens (primary N) is 1. The molecular weight excluding hydrogens is 392 g/mol. The van der Waals surface area contributed by atoms with E-state index in [1.165, 1.54) is 10.4 Å². The highest BCUT2D eigenvalue weighted by Gasteiger charge is 2.44. The molecule has 1 unspecified atom stereocenters. The van der Waals surface area contributed by atoms with Gasteiger partial charge >= 0.3 is 0 Å². The first-order valence-electron chi connectivity index (χ1n) is 10.3. The van der Waals surface area contributed by atoms with Crippen LogP contribution in [0.5, 0.6) is 0 Å². The molecule has 2 heterocycles. The van der Waals surface area contributed by atoms with Gasteiger partial charge in [0.1, 0.15) is 0 Å². The molecule has 1 aliphatic heterocycles. The second-order valence-corrected chi connectivity index (χ2v) is 8.99. The Hall–Kier alpha value is -2.92. The molecule has 154 valence electrons. The van der Waals surface area contributed by atoms with Gasteiger partial charge in [-0.25, -0.2) is 0 Å². The number of rotatable bonds is 7. The third kappa shape index (κ3) is 4.46. The minimum Gasteiger partial charge on any atom is -0.369 e. The van der Waals surface area contributed by atoms with Gasteiger partial charge in [0.25, 0.3) is 0 Å². The topological polar surface area (TPSA) is 63.4 Å². The fourth-order valence-electron chi connectivity index (χ4n) is 4.19. The highest BCUT2D eigenvalue weighted by atomic mass is 32.1. The van der Waals surface area contributed by atoms with E-state index >= 15 is 0 Å². The average molecular weight is 419 g/mol. The van der Waals surface area contributed by atoms with E-state index in [1.54, 1.807) is 11.3 Å². The molecule has 4 rings (SSSR count). The van der Waals surface area contributed by atoms with E-state index in [0.29, 0.717) is 38.8 Å². The lowest BCUT2D eigenvalue weighted by atomic mass is 9.80. The molecule has 2 aromatic carbocycles. The van der Waals surface area contributed by atoms with E-state index in [4.69, 9.17) is 5.73 Å². The molecule has 0 radical (unpaired) electrons. The molecule has 3 aromatic rings. The fourth-order valence-corrected chi connectivity index (χ4v) is 4.93. The molecular formula is C25H26N2O2S. The minimum absolute atomic E-state index is 0.0926. The molecule has 2 N–H and O–H groups in total. The van der Waals surface area contributed by atoms with Gasteiger partial charge in [-0.2, -0.15) is 0 Å². The number of benzene rings is 2. The van der Waals surface area contributed by atoms with Crippen molar-refractivity contribution < 1.29 is 9.59 Å². The van der Waals surface area contributed by atoms with E-state index in [0.717, 1.165) is 11.1 Å². The normalized spacial score (nSPS) is 18.5. The molecule has 5 heteroatoms. The summed E-state index contributed by atoms with van der Waals surface area (Å²) < 4.78 is 0. The lowest BCUT2D eigenvalue weighted by Gasteiger charge is -2.26. The number of aryl methyl sites for hydroxylation is 1. The molecule has 0 spiro atoms. The summed E-state index contributed by atoms with van der Waals surface area (Å²) in [7, 11) is 0. The Morgan fingerprint density at radius 1 is 0.967 bits per heavy atom. The average Bonchev–Trinajstić information content (AvgIpc) is 3.45. The summed E-state index contributed by atoms with van der Waals surface area (Å²) in [4.78, 5) is 28.2. The Kier molecular flexibility index (Phi) is 6.00. The molecule has 0 aliphatic carbocycles. The van der Waals surface area contributed by atoms with Crippen molar-refractivity contribution in [1.29, 1.82) is 0 Å². The molecule has 2 amide bonds. The predicted molar refractivity (Wildman–Crippen MR) is 121 cm³/mol. The van der Waals surface area contributed by atoms with Crippen molar-refractivity contribution in [2.45, 2.75) is 25.7 Å². The van der Waals surface area contributed by atoms with E-state index < -0.39 is 5.41 Å². The van der Waals surface area contributed by atoms with Gasteiger partial charge < -0.3 is 10.6 Å². The summed E-state index contributed by atoms with van der Waals surface area (Å²) in [6, 6.07) is 22.5. The van der Waals surface area contributed by atoms with Crippen LogP contribution in [-0.4, -0.2) is 29.8 Å². The van der Waals surface area contributed by atoms with Crippen LogP contribution in [-0.2, 0) is 22.4 Å². The summed E-state index contributed by atoms with van der Waals surface area (Å²) >= 11 is 1.71. The van der Waals surface area contributed by atoms with Crippen LogP contribution in [0, 0.1) is 5.41 Å². The first-order valence-corrected chi connectivity index (χ1v) is 11.2. The van der Waals surface area contributed by atoms with Crippen molar-refractivity contribution in [2.75, 3.05) is 13.1 Å². The number of thiophene rings is 1. The quantitative estimate of drug-likeness (QED) is 0.622. The first kappa shape index (κ1) is 20.4. The van der Waals surface area contributed by atoms with Crippen molar-refractivity contribution in [3.63, 3.8) is 0 Å². The number of carbonyl (C=O) groups excluding carboxylic acids is 2. The third-order valence-corrected chi connectivity index (χ3v) is 6.92. The molecule has 1 saturated heterocycles. The molecule has 0 saturated carbocycles. The number of likely N-dealkylation sites (tertiary alicyclic amines) is 1. The summed E-state index contributed by atoms with van der Waals surface area (Å²) in [5.74, 6) is -0.224. The molecule has 1 aliphatic rings. The second kappa shape index (κ2) is 8.84. The van der Waals surface area contributed by atoms with Gasteiger partial charge in [0.2, 0.25) is 11.8 Å². The monoisotopic (exact) mass is 418 g/mol. The van der Waals surface area contributed by atoms with E-state index in [-0.39, 0.29) is 11.8 Å². The summed E-state index contributed by atoms with van der Waals surface area (Å²) in [6.07, 6.45) is 2.35. The summed E-state index contributed by atoms with van der Waals surface area (Å²) in [5, 5.41) is 2.06. The number of hydrogen-bond acceptors (Lipinski definition) is 3. The highest BCUT2D eigenvalue weighted by molar-refractivity contribution is 7.13. The second-order valence-electron chi connectivity index (χ2n) is 8.05. The highest BCUT2D eigenvalue weighted by Crippen LogP contribution is 2.35. The van der Waals surface area contributed by atoms with Crippen LogP contribution in [0.2, 0.25) is 0 Å². The van der Waals surface area contributed by atoms with Gasteiger partial charge in [0, 0.05) is 24.4 Å². The zero-order valence-corrected chi connectivity index (χ0v) is 17.7. The minimum atomic E-state index is -0.688. The largest absolute Gasteiger partial charge is 0.369 e. The Morgan fingerprint density at radius 2 is 1.73 bits per heavy atom. The summed E-state index contributed by atoms with van der Waals surface area (Å²) in [5.41, 5.74) is 8.55. The molecule has 1 fully saturated rings. The van der Waals surface area contributed by atoms with Crippen molar-refractivity contribution in [3.8, 4) is 10.4 Å². The van der Waals surface area contributed by atoms with Gasteiger partial charge in [-0.1, -0.05) is 60.7 Å². The number of carbonyl (C=O) groups is 2. The Balaban J connectivity index is 1.41. The number of hydrogen-bond donors (Lipinski definition) is 1.